The number of nitrogens with zero attached hydrogens (tertiary/aromatic N) is 2. The van der Waals surface area contributed by atoms with Gasteiger partial charge in [0.1, 0.15) is 0 Å². The SMILES string of the molecule is CCC(=O)N1N=C(c2ccccc2NS(C)(=O)=O)C[C@@H]1c1cccc(C)c1. The molecule has 3 rings (SSSR count). The molecule has 1 aliphatic rings. The first kappa shape index (κ1) is 19.1. The molecule has 0 fully saturated rings. The molecule has 1 atom stereocenters. The standard InChI is InChI=1S/C20H23N3O3S/c1-4-20(24)23-19(15-9-7-8-14(2)12-15)13-18(21-23)16-10-5-6-11-17(16)22-27(3,25)26/h5-12,19,22H,4,13H2,1-3H3/t19-/m1/s1. The summed E-state index contributed by atoms with van der Waals surface area (Å²) in [7, 11) is -3.42. The second-order valence-electron chi connectivity index (χ2n) is 6.69. The first-order chi connectivity index (χ1) is 12.8. The van der Waals surface area contributed by atoms with Crippen LogP contribution in [-0.2, 0) is 14.8 Å². The Bertz CT molecular complexity index is 999. The average Bonchev–Trinajstić information content (AvgIpc) is 3.05. The van der Waals surface area contributed by atoms with E-state index in [1.54, 1.807) is 12.1 Å². The Labute approximate surface area is 159 Å². The van der Waals surface area contributed by atoms with Gasteiger partial charge in [-0.05, 0) is 18.6 Å². The van der Waals surface area contributed by atoms with Gasteiger partial charge >= 0.3 is 0 Å². The Hall–Kier alpha value is -2.67. The third-order valence-electron chi connectivity index (χ3n) is 4.43. The number of para-hydroxylation sites is 1. The van der Waals surface area contributed by atoms with E-state index in [-0.39, 0.29) is 11.9 Å². The number of carbonyl (C=O) groups excluding carboxylic acids is 1. The maximum Gasteiger partial charge on any atom is 0.242 e. The van der Waals surface area contributed by atoms with Crippen molar-refractivity contribution in [2.24, 2.45) is 5.10 Å². The van der Waals surface area contributed by atoms with Crippen LogP contribution in [0.5, 0.6) is 0 Å². The summed E-state index contributed by atoms with van der Waals surface area (Å²) in [6.45, 7) is 3.82. The lowest BCUT2D eigenvalue weighted by atomic mass is 9.96. The number of rotatable bonds is 5. The molecule has 1 N–H and O–H groups in total. The second-order valence-corrected chi connectivity index (χ2v) is 8.44. The van der Waals surface area contributed by atoms with E-state index < -0.39 is 10.0 Å². The van der Waals surface area contributed by atoms with Gasteiger partial charge in [-0.25, -0.2) is 13.4 Å². The summed E-state index contributed by atoms with van der Waals surface area (Å²) in [5.74, 6) is -0.0648. The third kappa shape index (κ3) is 4.36. The fourth-order valence-corrected chi connectivity index (χ4v) is 3.80. The summed E-state index contributed by atoms with van der Waals surface area (Å²) in [4.78, 5) is 12.5. The number of hydrogen-bond acceptors (Lipinski definition) is 4. The fourth-order valence-electron chi connectivity index (χ4n) is 3.23. The molecule has 27 heavy (non-hydrogen) atoms. The molecule has 0 unspecified atom stereocenters. The Morgan fingerprint density at radius 1 is 1.22 bits per heavy atom. The highest BCUT2D eigenvalue weighted by Crippen LogP contribution is 2.35. The van der Waals surface area contributed by atoms with Gasteiger partial charge in [-0.1, -0.05) is 55.0 Å². The molecule has 0 saturated carbocycles. The van der Waals surface area contributed by atoms with E-state index in [0.717, 1.165) is 17.4 Å². The Morgan fingerprint density at radius 3 is 2.63 bits per heavy atom. The molecule has 0 spiro atoms. The van der Waals surface area contributed by atoms with Crippen molar-refractivity contribution in [1.82, 2.24) is 5.01 Å². The normalized spacial score (nSPS) is 16.9. The number of nitrogens with one attached hydrogen (secondary N) is 1. The van der Waals surface area contributed by atoms with Crippen LogP contribution in [0.15, 0.2) is 53.6 Å². The second kappa shape index (κ2) is 7.52. The summed E-state index contributed by atoms with van der Waals surface area (Å²) in [5.41, 5.74) is 3.97. The van der Waals surface area contributed by atoms with Crippen LogP contribution in [0.1, 0.15) is 42.5 Å². The third-order valence-corrected chi connectivity index (χ3v) is 5.02. The van der Waals surface area contributed by atoms with Crippen LogP contribution >= 0.6 is 0 Å². The molecule has 0 aromatic heterocycles. The largest absolute Gasteiger partial charge is 0.283 e. The van der Waals surface area contributed by atoms with Crippen molar-refractivity contribution >= 4 is 27.3 Å². The molecule has 1 heterocycles. The van der Waals surface area contributed by atoms with Crippen molar-refractivity contribution in [3.05, 3.63) is 65.2 Å². The number of hydrazone groups is 1. The van der Waals surface area contributed by atoms with Crippen molar-refractivity contribution in [2.45, 2.75) is 32.7 Å². The van der Waals surface area contributed by atoms with E-state index >= 15 is 0 Å². The molecule has 0 radical (unpaired) electrons. The number of hydrogen-bond donors (Lipinski definition) is 1. The van der Waals surface area contributed by atoms with Gasteiger partial charge in [-0.3, -0.25) is 9.52 Å². The number of aryl methyl sites for hydroxylation is 1. The molecule has 6 nitrogen and oxygen atoms in total. The molecule has 2 aromatic rings. The minimum Gasteiger partial charge on any atom is -0.283 e. The van der Waals surface area contributed by atoms with Gasteiger partial charge < -0.3 is 0 Å². The van der Waals surface area contributed by atoms with Gasteiger partial charge in [0.15, 0.2) is 0 Å². The molecule has 142 valence electrons. The minimum atomic E-state index is -3.42. The number of anilines is 1. The van der Waals surface area contributed by atoms with Gasteiger partial charge in [0, 0.05) is 18.4 Å². The smallest absolute Gasteiger partial charge is 0.242 e. The lowest BCUT2D eigenvalue weighted by Gasteiger charge is -2.21. The van der Waals surface area contributed by atoms with Crippen molar-refractivity contribution in [1.29, 1.82) is 0 Å². The number of amides is 1. The molecular formula is C20H23N3O3S. The highest BCUT2D eigenvalue weighted by atomic mass is 32.2. The van der Waals surface area contributed by atoms with E-state index in [0.29, 0.717) is 29.8 Å². The van der Waals surface area contributed by atoms with Crippen LogP contribution < -0.4 is 4.72 Å². The van der Waals surface area contributed by atoms with Crippen LogP contribution in [0.25, 0.3) is 0 Å². The number of carbonyl (C=O) groups is 1. The lowest BCUT2D eigenvalue weighted by molar-refractivity contribution is -0.132. The number of benzene rings is 2. The van der Waals surface area contributed by atoms with Crippen LogP contribution in [0, 0.1) is 6.92 Å². The van der Waals surface area contributed by atoms with Crippen molar-refractivity contribution < 1.29 is 13.2 Å². The summed E-state index contributed by atoms with van der Waals surface area (Å²) >= 11 is 0. The maximum atomic E-state index is 12.5. The van der Waals surface area contributed by atoms with Gasteiger partial charge in [0.2, 0.25) is 15.9 Å². The Balaban J connectivity index is 2.02. The van der Waals surface area contributed by atoms with Crippen molar-refractivity contribution in [3.8, 4) is 0 Å². The monoisotopic (exact) mass is 385 g/mol. The van der Waals surface area contributed by atoms with Crippen molar-refractivity contribution in [2.75, 3.05) is 11.0 Å². The minimum absolute atomic E-state index is 0.0648. The molecular weight excluding hydrogens is 362 g/mol. The van der Waals surface area contributed by atoms with E-state index in [1.165, 1.54) is 5.01 Å². The Morgan fingerprint density at radius 2 is 1.96 bits per heavy atom. The van der Waals surface area contributed by atoms with Gasteiger partial charge in [-0.2, -0.15) is 5.10 Å². The topological polar surface area (TPSA) is 78.8 Å². The quantitative estimate of drug-likeness (QED) is 0.856. The highest BCUT2D eigenvalue weighted by Gasteiger charge is 2.33. The highest BCUT2D eigenvalue weighted by molar-refractivity contribution is 7.92. The molecule has 0 saturated heterocycles. The Kier molecular flexibility index (Phi) is 5.32. The summed E-state index contributed by atoms with van der Waals surface area (Å²) in [6, 6.07) is 14.9. The predicted molar refractivity (Wildman–Crippen MR) is 107 cm³/mol. The molecule has 1 amide bonds. The summed E-state index contributed by atoms with van der Waals surface area (Å²) < 4.78 is 25.9. The van der Waals surface area contributed by atoms with Crippen LogP contribution in [-0.4, -0.2) is 31.3 Å². The van der Waals surface area contributed by atoms with Gasteiger partial charge in [-0.15, -0.1) is 0 Å². The van der Waals surface area contributed by atoms with E-state index in [4.69, 9.17) is 0 Å². The zero-order chi connectivity index (χ0) is 19.6. The average molecular weight is 385 g/mol. The molecule has 7 heteroatoms. The number of sulfonamides is 1. The first-order valence-electron chi connectivity index (χ1n) is 8.82. The van der Waals surface area contributed by atoms with Gasteiger partial charge in [0.05, 0.1) is 23.7 Å². The van der Waals surface area contributed by atoms with E-state index in [9.17, 15) is 13.2 Å². The summed E-state index contributed by atoms with van der Waals surface area (Å²) in [5, 5.41) is 6.10. The molecule has 0 bridgehead atoms. The molecule has 2 aromatic carbocycles. The molecule has 0 aliphatic carbocycles. The zero-order valence-electron chi connectivity index (χ0n) is 15.6. The van der Waals surface area contributed by atoms with Crippen molar-refractivity contribution in [3.63, 3.8) is 0 Å². The van der Waals surface area contributed by atoms with Crippen LogP contribution in [0.2, 0.25) is 0 Å². The van der Waals surface area contributed by atoms with Crippen LogP contribution in [0.3, 0.4) is 0 Å². The van der Waals surface area contributed by atoms with Crippen LogP contribution in [0.4, 0.5) is 5.69 Å². The van der Waals surface area contributed by atoms with E-state index in [1.807, 2.05) is 44.2 Å². The zero-order valence-corrected chi connectivity index (χ0v) is 16.5. The van der Waals surface area contributed by atoms with Gasteiger partial charge in [0.25, 0.3) is 0 Å². The lowest BCUT2D eigenvalue weighted by Crippen LogP contribution is -2.26. The fraction of sp³-hybridized carbons (Fsp3) is 0.300. The first-order valence-corrected chi connectivity index (χ1v) is 10.7. The maximum absolute atomic E-state index is 12.5. The van der Waals surface area contributed by atoms with E-state index in [2.05, 4.69) is 15.9 Å². The predicted octanol–water partition coefficient (Wildman–Crippen LogP) is 3.45. The summed E-state index contributed by atoms with van der Waals surface area (Å²) in [6.07, 6.45) is 1.99. The molecule has 1 aliphatic heterocycles.